The number of amides is 1. The van der Waals surface area contributed by atoms with Gasteiger partial charge in [-0.15, -0.1) is 0 Å². The molecular weight excluding hydrogens is 374 g/mol. The molecule has 0 saturated carbocycles. The van der Waals surface area contributed by atoms with Crippen molar-refractivity contribution in [2.45, 2.75) is 19.8 Å². The van der Waals surface area contributed by atoms with Crippen LogP contribution in [0.1, 0.15) is 28.8 Å². The van der Waals surface area contributed by atoms with E-state index in [4.69, 9.17) is 4.74 Å². The van der Waals surface area contributed by atoms with E-state index in [1.165, 1.54) is 13.2 Å². The van der Waals surface area contributed by atoms with Crippen LogP contribution >= 0.6 is 0 Å². The van der Waals surface area contributed by atoms with Crippen LogP contribution in [-0.4, -0.2) is 37.0 Å². The molecule has 2 aromatic rings. The summed E-state index contributed by atoms with van der Waals surface area (Å²) in [6, 6.07) is 11.8. The standard InChI is InChI=1S/C21H23N3O5/c1-14-16(21(26)29-2)6-5-7-17(14)22-20(25)15-10-12-23(13-11-15)18-8-3-4-9-19(18)24(27)28/h3-9,15H,10-13H2,1-2H3,(H,22,25). The monoisotopic (exact) mass is 397 g/mol. The molecule has 29 heavy (non-hydrogen) atoms. The predicted octanol–water partition coefficient (Wildman–Crippen LogP) is 3.54. The molecule has 0 bridgehead atoms. The quantitative estimate of drug-likeness (QED) is 0.470. The van der Waals surface area contributed by atoms with Crippen LogP contribution in [0.4, 0.5) is 17.1 Å². The lowest BCUT2D eigenvalue weighted by atomic mass is 9.95. The molecule has 3 rings (SSSR count). The summed E-state index contributed by atoms with van der Waals surface area (Å²) in [5, 5.41) is 14.2. The summed E-state index contributed by atoms with van der Waals surface area (Å²) in [7, 11) is 1.32. The lowest BCUT2D eigenvalue weighted by Crippen LogP contribution is -2.38. The number of hydrogen-bond acceptors (Lipinski definition) is 6. The first-order chi connectivity index (χ1) is 13.9. The second-order valence-corrected chi connectivity index (χ2v) is 6.97. The van der Waals surface area contributed by atoms with E-state index in [1.54, 1.807) is 43.3 Å². The van der Waals surface area contributed by atoms with Gasteiger partial charge in [-0.3, -0.25) is 14.9 Å². The number of nitrogens with one attached hydrogen (secondary N) is 1. The number of carbonyl (C=O) groups excluding carboxylic acids is 2. The Morgan fingerprint density at radius 1 is 1.14 bits per heavy atom. The van der Waals surface area contributed by atoms with Gasteiger partial charge in [0.05, 0.1) is 17.6 Å². The minimum absolute atomic E-state index is 0.0747. The minimum Gasteiger partial charge on any atom is -0.465 e. The number of benzene rings is 2. The lowest BCUT2D eigenvalue weighted by Gasteiger charge is -2.32. The zero-order chi connectivity index (χ0) is 21.0. The topological polar surface area (TPSA) is 102 Å². The van der Waals surface area contributed by atoms with E-state index in [2.05, 4.69) is 5.32 Å². The van der Waals surface area contributed by atoms with Crippen molar-refractivity contribution in [1.29, 1.82) is 0 Å². The van der Waals surface area contributed by atoms with Gasteiger partial charge in [0.25, 0.3) is 5.69 Å². The van der Waals surface area contributed by atoms with Gasteiger partial charge < -0.3 is 15.0 Å². The van der Waals surface area contributed by atoms with Crippen molar-refractivity contribution in [1.82, 2.24) is 0 Å². The molecule has 152 valence electrons. The maximum absolute atomic E-state index is 12.7. The van der Waals surface area contributed by atoms with E-state index < -0.39 is 5.97 Å². The number of rotatable bonds is 5. The Kier molecular flexibility index (Phi) is 6.11. The van der Waals surface area contributed by atoms with Gasteiger partial charge >= 0.3 is 5.97 Å². The second-order valence-electron chi connectivity index (χ2n) is 6.97. The average Bonchev–Trinajstić information content (AvgIpc) is 2.74. The molecule has 1 fully saturated rings. The summed E-state index contributed by atoms with van der Waals surface area (Å²) in [5.74, 6) is -0.760. The highest BCUT2D eigenvalue weighted by atomic mass is 16.6. The number of hydrogen-bond donors (Lipinski definition) is 1. The molecule has 0 aromatic heterocycles. The maximum Gasteiger partial charge on any atom is 0.338 e. The van der Waals surface area contributed by atoms with E-state index in [9.17, 15) is 19.7 Å². The SMILES string of the molecule is COC(=O)c1cccc(NC(=O)C2CCN(c3ccccc3[N+](=O)[O-])CC2)c1C. The lowest BCUT2D eigenvalue weighted by molar-refractivity contribution is -0.384. The van der Waals surface area contributed by atoms with Crippen molar-refractivity contribution in [3.63, 3.8) is 0 Å². The first kappa shape index (κ1) is 20.3. The molecule has 1 heterocycles. The number of anilines is 2. The molecule has 0 aliphatic carbocycles. The summed E-state index contributed by atoms with van der Waals surface area (Å²) in [5.41, 5.74) is 2.31. The molecule has 1 amide bonds. The Balaban J connectivity index is 1.66. The largest absolute Gasteiger partial charge is 0.465 e. The third-order valence-corrected chi connectivity index (χ3v) is 5.28. The number of piperidine rings is 1. The van der Waals surface area contributed by atoms with Gasteiger partial charge in [0.1, 0.15) is 5.69 Å². The highest BCUT2D eigenvalue weighted by Gasteiger charge is 2.28. The molecule has 1 saturated heterocycles. The number of methoxy groups -OCH3 is 1. The smallest absolute Gasteiger partial charge is 0.338 e. The minimum atomic E-state index is -0.448. The van der Waals surface area contributed by atoms with Gasteiger partial charge in [-0.25, -0.2) is 4.79 Å². The van der Waals surface area contributed by atoms with Crippen molar-refractivity contribution in [3.05, 3.63) is 63.7 Å². The van der Waals surface area contributed by atoms with Crippen molar-refractivity contribution < 1.29 is 19.2 Å². The second kappa shape index (κ2) is 8.72. The van der Waals surface area contributed by atoms with E-state index >= 15 is 0 Å². The van der Waals surface area contributed by atoms with E-state index in [-0.39, 0.29) is 22.4 Å². The Morgan fingerprint density at radius 3 is 2.48 bits per heavy atom. The zero-order valence-corrected chi connectivity index (χ0v) is 16.4. The summed E-state index contributed by atoms with van der Waals surface area (Å²) >= 11 is 0. The average molecular weight is 397 g/mol. The molecule has 0 unspecified atom stereocenters. The summed E-state index contributed by atoms with van der Waals surface area (Å²) in [6.45, 7) is 2.88. The molecule has 2 aromatic carbocycles. The van der Waals surface area contributed by atoms with Crippen LogP contribution in [0.2, 0.25) is 0 Å². The van der Waals surface area contributed by atoms with Crippen LogP contribution in [0, 0.1) is 23.0 Å². The Morgan fingerprint density at radius 2 is 1.83 bits per heavy atom. The van der Waals surface area contributed by atoms with Gasteiger partial charge in [-0.2, -0.15) is 0 Å². The van der Waals surface area contributed by atoms with Gasteiger partial charge in [0.15, 0.2) is 0 Å². The van der Waals surface area contributed by atoms with Gasteiger partial charge in [0.2, 0.25) is 5.91 Å². The number of nitro benzene ring substituents is 1. The van der Waals surface area contributed by atoms with Crippen molar-refractivity contribution in [2.24, 2.45) is 5.92 Å². The molecule has 1 aliphatic rings. The Hall–Kier alpha value is -3.42. The summed E-state index contributed by atoms with van der Waals surface area (Å²) in [6.07, 6.45) is 1.18. The molecule has 0 atom stereocenters. The first-order valence-corrected chi connectivity index (χ1v) is 9.39. The predicted molar refractivity (Wildman–Crippen MR) is 109 cm³/mol. The highest BCUT2D eigenvalue weighted by molar-refractivity contribution is 5.97. The molecule has 8 heteroatoms. The van der Waals surface area contributed by atoms with Crippen molar-refractivity contribution >= 4 is 28.9 Å². The first-order valence-electron chi connectivity index (χ1n) is 9.39. The molecule has 8 nitrogen and oxygen atoms in total. The third-order valence-electron chi connectivity index (χ3n) is 5.28. The van der Waals surface area contributed by atoms with Crippen LogP contribution in [0.3, 0.4) is 0 Å². The maximum atomic E-state index is 12.7. The number of carbonyl (C=O) groups is 2. The van der Waals surface area contributed by atoms with E-state index in [1.807, 2.05) is 4.90 Å². The Labute approximate surface area is 168 Å². The van der Waals surface area contributed by atoms with Crippen molar-refractivity contribution in [2.75, 3.05) is 30.4 Å². The van der Waals surface area contributed by atoms with Crippen LogP contribution in [0.5, 0.6) is 0 Å². The number of nitrogens with zero attached hydrogens (tertiary/aromatic N) is 2. The molecular formula is C21H23N3O5. The van der Waals surface area contributed by atoms with Crippen LogP contribution in [-0.2, 0) is 9.53 Å². The molecule has 0 radical (unpaired) electrons. The van der Waals surface area contributed by atoms with Gasteiger partial charge in [0, 0.05) is 30.8 Å². The molecule has 1 aliphatic heterocycles. The summed E-state index contributed by atoms with van der Waals surface area (Å²) < 4.78 is 4.77. The number of esters is 1. The fourth-order valence-corrected chi connectivity index (χ4v) is 3.61. The van der Waals surface area contributed by atoms with Gasteiger partial charge in [-0.1, -0.05) is 18.2 Å². The fourth-order valence-electron chi connectivity index (χ4n) is 3.61. The van der Waals surface area contributed by atoms with Gasteiger partial charge in [-0.05, 0) is 43.5 Å². The van der Waals surface area contributed by atoms with E-state index in [0.29, 0.717) is 48.4 Å². The van der Waals surface area contributed by atoms with Crippen LogP contribution < -0.4 is 10.2 Å². The highest BCUT2D eigenvalue weighted by Crippen LogP contribution is 2.31. The van der Waals surface area contributed by atoms with Crippen LogP contribution in [0.15, 0.2) is 42.5 Å². The van der Waals surface area contributed by atoms with E-state index in [0.717, 1.165) is 0 Å². The molecule has 0 spiro atoms. The van der Waals surface area contributed by atoms with Crippen molar-refractivity contribution in [3.8, 4) is 0 Å². The third kappa shape index (κ3) is 4.37. The Bertz CT molecular complexity index is 936. The summed E-state index contributed by atoms with van der Waals surface area (Å²) in [4.78, 5) is 37.4. The normalized spacial score (nSPS) is 14.3. The van der Waals surface area contributed by atoms with Crippen LogP contribution in [0.25, 0.3) is 0 Å². The zero-order valence-electron chi connectivity index (χ0n) is 16.4. The number of nitro groups is 1. The number of para-hydroxylation sites is 2. The molecule has 1 N–H and O–H groups in total. The fraction of sp³-hybridized carbons (Fsp3) is 0.333. The number of ether oxygens (including phenoxy) is 1.